The summed E-state index contributed by atoms with van der Waals surface area (Å²) >= 11 is 0. The fraction of sp³-hybridized carbons (Fsp3) is 0.478. The molecule has 2 aliphatic heterocycles. The van der Waals surface area contributed by atoms with Gasteiger partial charge in [0.15, 0.2) is 5.82 Å². The van der Waals surface area contributed by atoms with Crippen LogP contribution in [0.5, 0.6) is 5.88 Å². The Kier molecular flexibility index (Phi) is 10.5. The van der Waals surface area contributed by atoms with Gasteiger partial charge in [0, 0.05) is 19.3 Å². The minimum atomic E-state index is -5.08. The summed E-state index contributed by atoms with van der Waals surface area (Å²) in [6.07, 6.45) is -3.73. The smallest absolute Gasteiger partial charge is 0.475 e. The highest BCUT2D eigenvalue weighted by molar-refractivity contribution is 5.94. The number of likely N-dealkylation sites (N-methyl/N-ethyl adjacent to an activating group) is 1. The van der Waals surface area contributed by atoms with Crippen LogP contribution in [0.1, 0.15) is 23.2 Å². The minimum Gasteiger partial charge on any atom is -0.475 e. The highest BCUT2D eigenvalue weighted by Gasteiger charge is 2.51. The Balaban J connectivity index is 0.000000333. The predicted molar refractivity (Wildman–Crippen MR) is 120 cm³/mol. The lowest BCUT2D eigenvalue weighted by atomic mass is 9.75. The third kappa shape index (κ3) is 8.82. The van der Waals surface area contributed by atoms with E-state index in [2.05, 4.69) is 16.9 Å². The average molecular weight is 587 g/mol. The van der Waals surface area contributed by atoms with Gasteiger partial charge < -0.3 is 24.3 Å². The standard InChI is InChI=1S/C19H22FN3O3.2C2HF3O2/c1-22-7-4-14(10-26-17-16(20)3-2-6-21-17)9-19(22)12-23(13-19)18(24)15-5-8-25-11-15;2*3-2(4,5)1(6)7/h2-3,5-6,8,11,14H,4,7,9-10,12-13H2,1H3;2*(H,6,7). The number of ether oxygens (including phenoxy) is 1. The van der Waals surface area contributed by atoms with Crippen LogP contribution in [0.15, 0.2) is 41.3 Å². The first-order valence-electron chi connectivity index (χ1n) is 11.3. The van der Waals surface area contributed by atoms with Gasteiger partial charge in [-0.2, -0.15) is 26.3 Å². The molecular weight excluding hydrogens is 563 g/mol. The number of carboxylic acids is 2. The molecule has 222 valence electrons. The molecule has 1 spiro atoms. The molecule has 0 radical (unpaired) electrons. The summed E-state index contributed by atoms with van der Waals surface area (Å²) in [5.74, 6) is -5.56. The van der Waals surface area contributed by atoms with E-state index in [9.17, 15) is 35.5 Å². The first kappa shape index (κ1) is 32.3. The molecule has 1 unspecified atom stereocenters. The van der Waals surface area contributed by atoms with Crippen molar-refractivity contribution in [1.82, 2.24) is 14.8 Å². The van der Waals surface area contributed by atoms with Crippen molar-refractivity contribution in [3.05, 3.63) is 48.3 Å². The summed E-state index contributed by atoms with van der Waals surface area (Å²) in [5, 5.41) is 14.2. The molecule has 1 amide bonds. The van der Waals surface area contributed by atoms with Crippen LogP contribution in [0.2, 0.25) is 0 Å². The first-order valence-corrected chi connectivity index (χ1v) is 11.3. The monoisotopic (exact) mass is 587 g/mol. The number of rotatable bonds is 4. The van der Waals surface area contributed by atoms with Gasteiger partial charge >= 0.3 is 24.3 Å². The topological polar surface area (TPSA) is 133 Å². The van der Waals surface area contributed by atoms with Crippen LogP contribution in [-0.2, 0) is 9.59 Å². The van der Waals surface area contributed by atoms with E-state index in [-0.39, 0.29) is 17.3 Å². The molecule has 2 saturated heterocycles. The molecule has 2 aliphatic rings. The Morgan fingerprint density at radius 3 is 2.15 bits per heavy atom. The number of halogens is 7. The molecule has 0 aliphatic carbocycles. The number of alkyl halides is 6. The van der Waals surface area contributed by atoms with Crippen LogP contribution in [0.3, 0.4) is 0 Å². The number of piperidine rings is 1. The zero-order valence-corrected chi connectivity index (χ0v) is 20.7. The quantitative estimate of drug-likeness (QED) is 0.514. The maximum absolute atomic E-state index is 13.7. The molecule has 0 saturated carbocycles. The summed E-state index contributed by atoms with van der Waals surface area (Å²) in [4.78, 5) is 38.3. The highest BCUT2D eigenvalue weighted by Crippen LogP contribution is 2.39. The number of pyridine rings is 1. The van der Waals surface area contributed by atoms with Crippen molar-refractivity contribution in [2.75, 3.05) is 33.3 Å². The van der Waals surface area contributed by atoms with E-state index < -0.39 is 30.1 Å². The molecule has 2 aromatic heterocycles. The van der Waals surface area contributed by atoms with Crippen molar-refractivity contribution < 1.29 is 64.5 Å². The zero-order valence-electron chi connectivity index (χ0n) is 20.7. The molecule has 10 nitrogen and oxygen atoms in total. The second-order valence-corrected chi connectivity index (χ2v) is 8.89. The summed E-state index contributed by atoms with van der Waals surface area (Å²) < 4.78 is 87.7. The van der Waals surface area contributed by atoms with E-state index in [1.807, 2.05) is 4.90 Å². The van der Waals surface area contributed by atoms with E-state index in [1.54, 1.807) is 12.1 Å². The lowest BCUT2D eigenvalue weighted by Crippen LogP contribution is -2.72. The van der Waals surface area contributed by atoms with Gasteiger partial charge in [0.05, 0.1) is 24.0 Å². The van der Waals surface area contributed by atoms with Gasteiger partial charge in [-0.05, 0) is 50.6 Å². The van der Waals surface area contributed by atoms with Crippen molar-refractivity contribution in [2.24, 2.45) is 5.92 Å². The Morgan fingerprint density at radius 1 is 1.10 bits per heavy atom. The van der Waals surface area contributed by atoms with Crippen molar-refractivity contribution in [1.29, 1.82) is 0 Å². The Bertz CT molecular complexity index is 1130. The molecule has 4 heterocycles. The van der Waals surface area contributed by atoms with Crippen LogP contribution in [-0.4, -0.2) is 94.0 Å². The minimum absolute atomic E-state index is 0.00621. The SMILES string of the molecule is CN1CCC(COc2ncccc2F)CC12CN(C(=O)c1ccoc1)C2.O=C(O)C(F)(F)F.O=C(O)C(F)(F)F. The molecule has 2 fully saturated rings. The molecular formula is C23H24F7N3O7. The summed E-state index contributed by atoms with van der Waals surface area (Å²) in [6, 6.07) is 4.59. The fourth-order valence-electron chi connectivity index (χ4n) is 3.97. The fourth-order valence-corrected chi connectivity index (χ4v) is 3.97. The van der Waals surface area contributed by atoms with Crippen LogP contribution in [0, 0.1) is 11.7 Å². The first-order chi connectivity index (χ1) is 18.5. The Labute approximate surface area is 221 Å². The Morgan fingerprint density at radius 2 is 1.68 bits per heavy atom. The van der Waals surface area contributed by atoms with Gasteiger partial charge in [-0.25, -0.2) is 19.0 Å². The maximum atomic E-state index is 13.7. The van der Waals surface area contributed by atoms with E-state index in [0.29, 0.717) is 31.2 Å². The largest absolute Gasteiger partial charge is 0.490 e. The Hall–Kier alpha value is -3.89. The van der Waals surface area contributed by atoms with Crippen LogP contribution in [0.4, 0.5) is 30.7 Å². The third-order valence-corrected chi connectivity index (χ3v) is 6.04. The zero-order chi connectivity index (χ0) is 30.3. The number of carbonyl (C=O) groups is 3. The predicted octanol–water partition coefficient (Wildman–Crippen LogP) is 3.70. The number of aromatic nitrogens is 1. The lowest BCUT2D eigenvalue weighted by molar-refractivity contribution is -0.193. The second kappa shape index (κ2) is 13.0. The van der Waals surface area contributed by atoms with Gasteiger partial charge in [0.2, 0.25) is 5.88 Å². The molecule has 0 aromatic carbocycles. The maximum Gasteiger partial charge on any atom is 0.490 e. The van der Waals surface area contributed by atoms with E-state index in [1.165, 1.54) is 24.8 Å². The van der Waals surface area contributed by atoms with E-state index in [0.717, 1.165) is 19.4 Å². The van der Waals surface area contributed by atoms with E-state index >= 15 is 0 Å². The molecule has 1 atom stereocenters. The number of hydrogen-bond donors (Lipinski definition) is 2. The van der Waals surface area contributed by atoms with Crippen molar-refractivity contribution in [3.8, 4) is 5.88 Å². The molecule has 17 heteroatoms. The van der Waals surface area contributed by atoms with Crippen molar-refractivity contribution in [2.45, 2.75) is 30.7 Å². The molecule has 4 rings (SSSR count). The van der Waals surface area contributed by atoms with E-state index in [4.69, 9.17) is 29.0 Å². The highest BCUT2D eigenvalue weighted by atomic mass is 19.4. The lowest BCUT2D eigenvalue weighted by Gasteiger charge is -2.58. The van der Waals surface area contributed by atoms with Crippen molar-refractivity contribution in [3.63, 3.8) is 0 Å². The summed E-state index contributed by atoms with van der Waals surface area (Å²) in [5.41, 5.74) is 0.567. The summed E-state index contributed by atoms with van der Waals surface area (Å²) in [6.45, 7) is 2.77. The third-order valence-electron chi connectivity index (χ3n) is 6.04. The van der Waals surface area contributed by atoms with Crippen molar-refractivity contribution >= 4 is 17.8 Å². The normalized spacial score (nSPS) is 18.4. The van der Waals surface area contributed by atoms with Gasteiger partial charge in [-0.15, -0.1) is 0 Å². The summed E-state index contributed by atoms with van der Waals surface area (Å²) in [7, 11) is 2.11. The number of carboxylic acid groups (broad SMARTS) is 2. The number of aliphatic carboxylic acids is 2. The number of hydrogen-bond acceptors (Lipinski definition) is 7. The van der Waals surface area contributed by atoms with Crippen LogP contribution < -0.4 is 4.74 Å². The molecule has 2 aromatic rings. The number of amides is 1. The number of furan rings is 1. The van der Waals surface area contributed by atoms with Gasteiger partial charge in [-0.3, -0.25) is 9.69 Å². The van der Waals surface area contributed by atoms with Gasteiger partial charge in [0.25, 0.3) is 5.91 Å². The molecule has 2 N–H and O–H groups in total. The molecule has 0 bridgehead atoms. The second-order valence-electron chi connectivity index (χ2n) is 8.89. The van der Waals surface area contributed by atoms with Gasteiger partial charge in [0.1, 0.15) is 6.26 Å². The number of likely N-dealkylation sites (tertiary alicyclic amines) is 2. The number of carbonyl (C=O) groups excluding carboxylic acids is 1. The van der Waals surface area contributed by atoms with Crippen LogP contribution >= 0.6 is 0 Å². The van der Waals surface area contributed by atoms with Crippen LogP contribution in [0.25, 0.3) is 0 Å². The number of nitrogens with zero attached hydrogens (tertiary/aromatic N) is 3. The average Bonchev–Trinajstić information content (AvgIpc) is 3.37. The van der Waals surface area contributed by atoms with Gasteiger partial charge in [-0.1, -0.05) is 0 Å². The molecule has 40 heavy (non-hydrogen) atoms.